The molecule has 3 rings (SSSR count). The minimum Gasteiger partial charge on any atom is -0.469 e. The van der Waals surface area contributed by atoms with Crippen LogP contribution in [-0.4, -0.2) is 57.7 Å². The van der Waals surface area contributed by atoms with Crippen LogP contribution < -0.4 is 0 Å². The lowest BCUT2D eigenvalue weighted by atomic mass is 9.78. The molecule has 9 heteroatoms. The predicted molar refractivity (Wildman–Crippen MR) is 101 cm³/mol. The molecule has 0 N–H and O–H groups in total. The maximum atomic E-state index is 12.2. The topological polar surface area (TPSA) is 105 Å². The van der Waals surface area contributed by atoms with Gasteiger partial charge in [0.05, 0.1) is 18.9 Å². The lowest BCUT2D eigenvalue weighted by Crippen LogP contribution is -2.44. The highest BCUT2D eigenvalue weighted by Gasteiger charge is 2.70. The van der Waals surface area contributed by atoms with Crippen LogP contribution in [0.2, 0.25) is 0 Å². The average molecular weight is 494 g/mol. The minimum absolute atomic E-state index is 0.147. The summed E-state index contributed by atoms with van der Waals surface area (Å²) in [6.45, 7) is 3.13. The number of carbonyl (C=O) groups is 4. The number of carbonyl (C=O) groups excluding carboxylic acids is 4. The quantitative estimate of drug-likeness (QED) is 0.224. The summed E-state index contributed by atoms with van der Waals surface area (Å²) in [5, 5.41) is 0. The Kier molecular flexibility index (Phi) is 5.60. The third-order valence-electron chi connectivity index (χ3n) is 5.99. The molecule has 8 nitrogen and oxygen atoms in total. The van der Waals surface area contributed by atoms with Crippen molar-refractivity contribution in [2.75, 3.05) is 13.7 Å². The molecule has 1 saturated heterocycles. The first-order chi connectivity index (χ1) is 12.8. The Morgan fingerprint density at radius 3 is 2.63 bits per heavy atom. The summed E-state index contributed by atoms with van der Waals surface area (Å²) in [6, 6.07) is 0. The normalized spacial score (nSPS) is 35.3. The predicted octanol–water partition coefficient (Wildman–Crippen LogP) is 0.993. The average Bonchev–Trinajstić information content (AvgIpc) is 3.28. The standard InChI is InChI=1S/C18H23IO8/c1-5-18(2,19-3)17(23)25-7-10(20)26-13-8-6-9-12(11(8)15(21)24-4)16(22)27-14(9)13/h8-9,11-14H,3,5-7H2,1-2,4H3. The fourth-order valence-corrected chi connectivity index (χ4v) is 5.37. The van der Waals surface area contributed by atoms with Crippen LogP contribution in [0.5, 0.6) is 0 Å². The van der Waals surface area contributed by atoms with Gasteiger partial charge in [0.1, 0.15) is 15.6 Å². The van der Waals surface area contributed by atoms with Gasteiger partial charge in [-0.3, -0.25) is 14.4 Å². The molecule has 0 radical (unpaired) electrons. The Bertz CT molecular complexity index is 691. The highest BCUT2D eigenvalue weighted by Crippen LogP contribution is 2.58. The van der Waals surface area contributed by atoms with E-state index in [2.05, 4.69) is 4.51 Å². The van der Waals surface area contributed by atoms with Crippen molar-refractivity contribution in [3.63, 3.8) is 0 Å². The third-order valence-corrected chi connectivity index (χ3v) is 8.88. The van der Waals surface area contributed by atoms with Crippen molar-refractivity contribution in [2.24, 2.45) is 23.7 Å². The van der Waals surface area contributed by atoms with Gasteiger partial charge in [0.2, 0.25) is 0 Å². The fourth-order valence-electron chi connectivity index (χ4n) is 4.36. The highest BCUT2D eigenvalue weighted by atomic mass is 127. The van der Waals surface area contributed by atoms with E-state index in [0.29, 0.717) is 12.8 Å². The first-order valence-corrected chi connectivity index (χ1v) is 11.4. The highest BCUT2D eigenvalue weighted by molar-refractivity contribution is 14.2. The molecule has 1 aliphatic heterocycles. The zero-order chi connectivity index (χ0) is 19.9. The van der Waals surface area contributed by atoms with Crippen molar-refractivity contribution in [3.05, 3.63) is 0 Å². The second kappa shape index (κ2) is 7.48. The number of esters is 4. The lowest BCUT2D eigenvalue weighted by Gasteiger charge is -2.30. The first-order valence-electron chi connectivity index (χ1n) is 8.82. The van der Waals surface area contributed by atoms with Crippen LogP contribution in [-0.2, 0) is 38.1 Å². The van der Waals surface area contributed by atoms with Crippen molar-refractivity contribution < 1.29 is 38.1 Å². The van der Waals surface area contributed by atoms with Gasteiger partial charge in [-0.05, 0) is 19.8 Å². The molecule has 0 aromatic carbocycles. The van der Waals surface area contributed by atoms with Crippen LogP contribution in [0.15, 0.2) is 0 Å². The van der Waals surface area contributed by atoms with Gasteiger partial charge < -0.3 is 18.9 Å². The van der Waals surface area contributed by atoms with Gasteiger partial charge in [0.15, 0.2) is 6.61 Å². The van der Waals surface area contributed by atoms with Crippen LogP contribution in [0.25, 0.3) is 0 Å². The van der Waals surface area contributed by atoms with Crippen LogP contribution in [0, 0.1) is 23.7 Å². The molecule has 7 atom stereocenters. The van der Waals surface area contributed by atoms with E-state index in [4.69, 9.17) is 18.9 Å². The van der Waals surface area contributed by atoms with Crippen molar-refractivity contribution in [2.45, 2.75) is 42.3 Å². The van der Waals surface area contributed by atoms with Crippen LogP contribution >= 0.6 is 20.7 Å². The molecular weight excluding hydrogens is 471 g/mol. The van der Waals surface area contributed by atoms with E-state index >= 15 is 0 Å². The number of methoxy groups -OCH3 is 1. The smallest absolute Gasteiger partial charge is 0.344 e. The Balaban J connectivity index is 1.63. The summed E-state index contributed by atoms with van der Waals surface area (Å²) in [5.74, 6) is -3.76. The largest absolute Gasteiger partial charge is 0.469 e. The van der Waals surface area contributed by atoms with Gasteiger partial charge in [-0.1, -0.05) is 11.4 Å². The Labute approximate surface area is 167 Å². The summed E-state index contributed by atoms with van der Waals surface area (Å²) in [5.41, 5.74) is 0. The molecule has 0 aromatic rings. The van der Waals surface area contributed by atoms with Crippen molar-refractivity contribution >= 4 is 49.1 Å². The Hall–Kier alpha value is -1.52. The first kappa shape index (κ1) is 20.2. The SMILES string of the molecule is C=IC(C)(CC)C(=O)OCC(=O)OC1C2CC3C1OC(=O)C3C2C(=O)OC. The van der Waals surface area contributed by atoms with Crippen molar-refractivity contribution in [1.82, 2.24) is 0 Å². The van der Waals surface area contributed by atoms with Gasteiger partial charge in [0.25, 0.3) is 0 Å². The molecular formula is C18H23IO8. The van der Waals surface area contributed by atoms with E-state index in [-0.39, 0.29) is 11.8 Å². The Morgan fingerprint density at radius 1 is 1.33 bits per heavy atom. The van der Waals surface area contributed by atoms with Crippen LogP contribution in [0.3, 0.4) is 0 Å². The summed E-state index contributed by atoms with van der Waals surface area (Å²) in [4.78, 5) is 48.6. The number of halogens is 1. The second-order valence-electron chi connectivity index (χ2n) is 7.25. The molecule has 2 bridgehead atoms. The zero-order valence-corrected chi connectivity index (χ0v) is 17.6. The maximum absolute atomic E-state index is 12.2. The van der Waals surface area contributed by atoms with Crippen LogP contribution in [0.4, 0.5) is 0 Å². The number of alkyl halides is 1. The molecule has 27 heavy (non-hydrogen) atoms. The molecule has 7 unspecified atom stereocenters. The van der Waals surface area contributed by atoms with Crippen molar-refractivity contribution in [3.8, 4) is 0 Å². The zero-order valence-electron chi connectivity index (χ0n) is 15.4. The number of hydrogen-bond acceptors (Lipinski definition) is 8. The van der Waals surface area contributed by atoms with E-state index in [1.807, 2.05) is 6.92 Å². The third kappa shape index (κ3) is 3.27. The molecule has 3 fully saturated rings. The lowest BCUT2D eigenvalue weighted by molar-refractivity contribution is -0.172. The summed E-state index contributed by atoms with van der Waals surface area (Å²) in [7, 11) is 1.27. The molecule has 0 amide bonds. The monoisotopic (exact) mass is 494 g/mol. The molecule has 3 aliphatic rings. The van der Waals surface area contributed by atoms with Gasteiger partial charge >= 0.3 is 23.9 Å². The molecule has 1 heterocycles. The molecule has 2 saturated carbocycles. The van der Waals surface area contributed by atoms with Gasteiger partial charge in [0, 0.05) is 11.8 Å². The summed E-state index contributed by atoms with van der Waals surface area (Å²) in [6.07, 6.45) is -0.103. The molecule has 0 spiro atoms. The number of ether oxygens (including phenoxy) is 4. The van der Waals surface area contributed by atoms with E-state index in [1.54, 1.807) is 6.92 Å². The van der Waals surface area contributed by atoms with Gasteiger partial charge in [-0.25, -0.2) is 4.79 Å². The maximum Gasteiger partial charge on any atom is 0.344 e. The minimum atomic E-state index is -0.718. The molecule has 150 valence electrons. The van der Waals surface area contributed by atoms with E-state index in [0.717, 1.165) is 0 Å². The van der Waals surface area contributed by atoms with E-state index in [9.17, 15) is 19.2 Å². The fraction of sp³-hybridized carbons (Fsp3) is 0.722. The van der Waals surface area contributed by atoms with Crippen molar-refractivity contribution in [1.29, 1.82) is 0 Å². The van der Waals surface area contributed by atoms with Gasteiger partial charge in [-0.15, -0.1) is 20.7 Å². The molecule has 2 aliphatic carbocycles. The summed E-state index contributed by atoms with van der Waals surface area (Å²) >= 11 is -0.644. The van der Waals surface area contributed by atoms with E-state index in [1.165, 1.54) is 7.11 Å². The van der Waals surface area contributed by atoms with E-state index < -0.39 is 78.7 Å². The number of fused-ring (bicyclic) bond motifs is 1. The number of rotatable bonds is 7. The second-order valence-corrected chi connectivity index (χ2v) is 10.4. The molecule has 0 aromatic heterocycles. The summed E-state index contributed by atoms with van der Waals surface area (Å²) < 4.78 is 24.0. The number of hydrogen-bond donors (Lipinski definition) is 0. The van der Waals surface area contributed by atoms with Gasteiger partial charge in [-0.2, -0.15) is 0 Å². The Morgan fingerprint density at radius 2 is 2.04 bits per heavy atom. The van der Waals surface area contributed by atoms with Crippen LogP contribution in [0.1, 0.15) is 26.7 Å².